The number of carbonyl (C=O) groups is 2. The smallest absolute Gasteiger partial charge is 0.358 e. The van der Waals surface area contributed by atoms with Gasteiger partial charge in [0.25, 0.3) is 5.91 Å². The zero-order valence-electron chi connectivity index (χ0n) is 15.3. The molecular weight excluding hydrogens is 364 g/mol. The molecule has 0 spiro atoms. The van der Waals surface area contributed by atoms with E-state index in [2.05, 4.69) is 17.2 Å². The highest BCUT2D eigenvalue weighted by Crippen LogP contribution is 2.28. The van der Waals surface area contributed by atoms with Gasteiger partial charge in [-0.1, -0.05) is 19.1 Å². The summed E-state index contributed by atoms with van der Waals surface area (Å²) in [4.78, 5) is 29.7. The minimum absolute atomic E-state index is 0.193. The lowest BCUT2D eigenvalue weighted by atomic mass is 10.1. The Kier molecular flexibility index (Phi) is 5.71. The average Bonchev–Trinajstić information content (AvgIpc) is 3.31. The molecule has 2 aromatic heterocycles. The van der Waals surface area contributed by atoms with Crippen LogP contribution in [0.2, 0.25) is 0 Å². The molecule has 0 aliphatic carbocycles. The molecule has 6 nitrogen and oxygen atoms in total. The van der Waals surface area contributed by atoms with Gasteiger partial charge >= 0.3 is 5.97 Å². The lowest BCUT2D eigenvalue weighted by Gasteiger charge is -2.13. The number of furan rings is 1. The Hall–Kier alpha value is -2.93. The lowest BCUT2D eigenvalue weighted by Crippen LogP contribution is -2.30. The van der Waals surface area contributed by atoms with Crippen molar-refractivity contribution in [3.05, 3.63) is 58.8 Å². The summed E-state index contributed by atoms with van der Waals surface area (Å²) in [6.07, 6.45) is 1.52. The Morgan fingerprint density at radius 3 is 2.63 bits per heavy atom. The van der Waals surface area contributed by atoms with Crippen LogP contribution in [0.25, 0.3) is 10.8 Å². The third-order valence-corrected chi connectivity index (χ3v) is 4.99. The van der Waals surface area contributed by atoms with Crippen LogP contribution in [0.1, 0.15) is 34.8 Å². The van der Waals surface area contributed by atoms with Crippen LogP contribution >= 0.6 is 11.3 Å². The highest BCUT2D eigenvalue weighted by molar-refractivity contribution is 7.15. The molecule has 0 fully saturated rings. The SMILES string of the molecule is CCc1ccc(NC(=O)C(C)OC(=O)c2nc(-c3ccco3)sc2C)cc1. The van der Waals surface area contributed by atoms with E-state index in [1.807, 2.05) is 24.3 Å². The summed E-state index contributed by atoms with van der Waals surface area (Å²) in [5, 5.41) is 3.34. The van der Waals surface area contributed by atoms with E-state index in [4.69, 9.17) is 9.15 Å². The van der Waals surface area contributed by atoms with Crippen molar-refractivity contribution < 1.29 is 18.7 Å². The van der Waals surface area contributed by atoms with Gasteiger partial charge in [0.1, 0.15) is 0 Å². The fraction of sp³-hybridized carbons (Fsp3) is 0.250. The topological polar surface area (TPSA) is 81.4 Å². The van der Waals surface area contributed by atoms with Crippen LogP contribution in [0.15, 0.2) is 47.1 Å². The first-order valence-electron chi connectivity index (χ1n) is 8.60. The molecule has 0 bridgehead atoms. The maximum atomic E-state index is 12.4. The molecule has 0 aliphatic heterocycles. The van der Waals surface area contributed by atoms with Crippen molar-refractivity contribution in [2.45, 2.75) is 33.3 Å². The third-order valence-electron chi connectivity index (χ3n) is 4.00. The first-order chi connectivity index (χ1) is 13.0. The number of amides is 1. The fourth-order valence-corrected chi connectivity index (χ4v) is 3.30. The minimum Gasteiger partial charge on any atom is -0.462 e. The van der Waals surface area contributed by atoms with Crippen LogP contribution in [-0.2, 0) is 16.0 Å². The van der Waals surface area contributed by atoms with Gasteiger partial charge in [0.05, 0.1) is 6.26 Å². The summed E-state index contributed by atoms with van der Waals surface area (Å²) in [5.41, 5.74) is 2.03. The van der Waals surface area contributed by atoms with E-state index < -0.39 is 18.0 Å². The van der Waals surface area contributed by atoms with Crippen molar-refractivity contribution in [1.82, 2.24) is 4.98 Å². The number of nitrogens with zero attached hydrogens (tertiary/aromatic N) is 1. The molecule has 1 atom stereocenters. The van der Waals surface area contributed by atoms with E-state index in [1.165, 1.54) is 23.8 Å². The van der Waals surface area contributed by atoms with E-state index in [0.717, 1.165) is 6.42 Å². The van der Waals surface area contributed by atoms with E-state index in [9.17, 15) is 9.59 Å². The second kappa shape index (κ2) is 8.18. The standard InChI is InChI=1S/C20H20N2O4S/c1-4-14-7-9-15(10-8-14)21-18(23)12(2)26-20(24)17-13(3)27-19(22-17)16-6-5-11-25-16/h5-12H,4H2,1-3H3,(H,21,23). The van der Waals surface area contributed by atoms with E-state index in [1.54, 1.807) is 25.3 Å². The number of carbonyl (C=O) groups excluding carboxylic acids is 2. The van der Waals surface area contributed by atoms with Crippen LogP contribution in [0.4, 0.5) is 5.69 Å². The molecule has 0 saturated heterocycles. The quantitative estimate of drug-likeness (QED) is 0.635. The largest absolute Gasteiger partial charge is 0.462 e. The lowest BCUT2D eigenvalue weighted by molar-refractivity contribution is -0.123. The predicted octanol–water partition coefficient (Wildman–Crippen LogP) is 4.46. The summed E-state index contributed by atoms with van der Waals surface area (Å²) in [6.45, 7) is 5.37. The molecule has 2 heterocycles. The number of rotatable bonds is 6. The number of nitrogens with one attached hydrogen (secondary N) is 1. The molecule has 0 saturated carbocycles. The molecule has 3 aromatic rings. The summed E-state index contributed by atoms with van der Waals surface area (Å²) in [7, 11) is 0. The molecule has 1 amide bonds. The van der Waals surface area contributed by atoms with Gasteiger partial charge in [-0.2, -0.15) is 0 Å². The Bertz CT molecular complexity index is 930. The summed E-state index contributed by atoms with van der Waals surface area (Å²) in [5.74, 6) is -0.444. The van der Waals surface area contributed by atoms with Crippen LogP contribution in [0.5, 0.6) is 0 Å². The molecule has 0 radical (unpaired) electrons. The van der Waals surface area contributed by atoms with Crippen LogP contribution in [0.3, 0.4) is 0 Å². The van der Waals surface area contributed by atoms with Gasteiger partial charge in [-0.05, 0) is 50.1 Å². The zero-order valence-corrected chi connectivity index (χ0v) is 16.1. The second-order valence-corrected chi connectivity index (χ2v) is 7.19. The Labute approximate surface area is 161 Å². The maximum absolute atomic E-state index is 12.4. The van der Waals surface area contributed by atoms with E-state index in [0.29, 0.717) is 21.3 Å². The van der Waals surface area contributed by atoms with Crippen molar-refractivity contribution in [2.75, 3.05) is 5.32 Å². The number of aryl methyl sites for hydroxylation is 2. The monoisotopic (exact) mass is 384 g/mol. The summed E-state index contributed by atoms with van der Waals surface area (Å²) >= 11 is 1.34. The molecule has 0 aliphatic rings. The molecule has 140 valence electrons. The normalized spacial score (nSPS) is 11.8. The molecule has 1 unspecified atom stereocenters. The molecule has 1 N–H and O–H groups in total. The van der Waals surface area contributed by atoms with Crippen molar-refractivity contribution in [3.8, 4) is 10.8 Å². The number of hydrogen-bond donors (Lipinski definition) is 1. The Balaban J connectivity index is 1.63. The maximum Gasteiger partial charge on any atom is 0.358 e. The van der Waals surface area contributed by atoms with Gasteiger partial charge < -0.3 is 14.5 Å². The zero-order chi connectivity index (χ0) is 19.4. The fourth-order valence-electron chi connectivity index (χ4n) is 2.43. The number of anilines is 1. The van der Waals surface area contributed by atoms with Crippen molar-refractivity contribution in [3.63, 3.8) is 0 Å². The number of benzene rings is 1. The summed E-state index contributed by atoms with van der Waals surface area (Å²) < 4.78 is 10.6. The molecule has 1 aromatic carbocycles. The average molecular weight is 384 g/mol. The van der Waals surface area contributed by atoms with Crippen LogP contribution in [0, 0.1) is 6.92 Å². The molecule has 27 heavy (non-hydrogen) atoms. The second-order valence-electron chi connectivity index (χ2n) is 5.99. The van der Waals surface area contributed by atoms with E-state index >= 15 is 0 Å². The van der Waals surface area contributed by atoms with Crippen LogP contribution < -0.4 is 5.32 Å². The highest BCUT2D eigenvalue weighted by Gasteiger charge is 2.23. The predicted molar refractivity (Wildman–Crippen MR) is 104 cm³/mol. The van der Waals surface area contributed by atoms with Gasteiger partial charge in [-0.15, -0.1) is 11.3 Å². The highest BCUT2D eigenvalue weighted by atomic mass is 32.1. The van der Waals surface area contributed by atoms with Gasteiger partial charge in [0.2, 0.25) is 0 Å². The van der Waals surface area contributed by atoms with Crippen molar-refractivity contribution in [2.24, 2.45) is 0 Å². The van der Waals surface area contributed by atoms with Crippen molar-refractivity contribution >= 4 is 28.9 Å². The number of thiazole rings is 1. The molecular formula is C20H20N2O4S. The minimum atomic E-state index is -0.948. The number of esters is 1. The van der Waals surface area contributed by atoms with E-state index in [-0.39, 0.29) is 5.69 Å². The summed E-state index contributed by atoms with van der Waals surface area (Å²) in [6, 6.07) is 11.1. The number of hydrogen-bond acceptors (Lipinski definition) is 6. The molecule has 3 rings (SSSR count). The van der Waals surface area contributed by atoms with Gasteiger partial charge in [-0.25, -0.2) is 9.78 Å². The van der Waals surface area contributed by atoms with Gasteiger partial charge in [0, 0.05) is 10.6 Å². The number of aromatic nitrogens is 1. The van der Waals surface area contributed by atoms with Crippen molar-refractivity contribution in [1.29, 1.82) is 0 Å². The number of ether oxygens (including phenoxy) is 1. The molecule has 7 heteroatoms. The van der Waals surface area contributed by atoms with Gasteiger partial charge in [0.15, 0.2) is 22.6 Å². The van der Waals surface area contributed by atoms with Crippen LogP contribution in [-0.4, -0.2) is 23.0 Å². The Morgan fingerprint density at radius 2 is 2.00 bits per heavy atom. The van der Waals surface area contributed by atoms with Gasteiger partial charge in [-0.3, -0.25) is 4.79 Å². The third kappa shape index (κ3) is 4.43. The first-order valence-corrected chi connectivity index (χ1v) is 9.41. The first kappa shape index (κ1) is 18.8. The Morgan fingerprint density at radius 1 is 1.26 bits per heavy atom.